The van der Waals surface area contributed by atoms with E-state index < -0.39 is 0 Å². The molecular formula is C16H12S3. The quantitative estimate of drug-likeness (QED) is 0.626. The van der Waals surface area contributed by atoms with Crippen molar-refractivity contribution in [1.29, 1.82) is 0 Å². The fourth-order valence-electron chi connectivity index (χ4n) is 4.04. The van der Waals surface area contributed by atoms with Gasteiger partial charge < -0.3 is 0 Å². The number of rotatable bonds is 0. The Morgan fingerprint density at radius 3 is 1.79 bits per heavy atom. The standard InChI is InChI=1S/C16H12S3/c1-3-7-15-8-4-2-6-13(15,5-1)14-9-11-17-16(14,19-15)18-12-10-14/h1-12H. The van der Waals surface area contributed by atoms with Crippen LogP contribution in [0.4, 0.5) is 0 Å². The third kappa shape index (κ3) is 0.949. The molecule has 0 bridgehead atoms. The van der Waals surface area contributed by atoms with Crippen molar-refractivity contribution in [3.05, 3.63) is 71.6 Å². The van der Waals surface area contributed by atoms with Crippen molar-refractivity contribution in [1.82, 2.24) is 0 Å². The van der Waals surface area contributed by atoms with E-state index in [0.29, 0.717) is 0 Å². The largest absolute Gasteiger partial charge is 0.129 e. The molecular weight excluding hydrogens is 288 g/mol. The summed E-state index contributed by atoms with van der Waals surface area (Å²) in [4.78, 5) is 0. The van der Waals surface area contributed by atoms with E-state index in [2.05, 4.69) is 83.3 Å². The zero-order valence-corrected chi connectivity index (χ0v) is 12.6. The molecule has 0 atom stereocenters. The summed E-state index contributed by atoms with van der Waals surface area (Å²) >= 11 is 6.10. The Balaban J connectivity index is 1.90. The van der Waals surface area contributed by atoms with Gasteiger partial charge in [-0.25, -0.2) is 0 Å². The smallest absolute Gasteiger partial charge is 0.115 e. The van der Waals surface area contributed by atoms with Crippen molar-refractivity contribution in [3.63, 3.8) is 0 Å². The molecule has 0 aromatic carbocycles. The molecule has 0 amide bonds. The van der Waals surface area contributed by atoms with Crippen LogP contribution in [-0.4, -0.2) is 8.16 Å². The van der Waals surface area contributed by atoms with Crippen molar-refractivity contribution in [2.45, 2.75) is 8.16 Å². The third-order valence-corrected chi connectivity index (χ3v) is 9.93. The molecule has 19 heavy (non-hydrogen) atoms. The van der Waals surface area contributed by atoms with Crippen LogP contribution in [0.15, 0.2) is 71.6 Å². The summed E-state index contributed by atoms with van der Waals surface area (Å²) in [6, 6.07) is 0. The molecule has 5 aliphatic rings. The van der Waals surface area contributed by atoms with E-state index in [1.165, 1.54) is 0 Å². The first-order valence-electron chi connectivity index (χ1n) is 6.44. The Bertz CT molecular complexity index is 605. The van der Waals surface area contributed by atoms with Crippen LogP contribution in [0.25, 0.3) is 0 Å². The average Bonchev–Trinajstić information content (AvgIpc) is 2.98. The Morgan fingerprint density at radius 2 is 1.16 bits per heavy atom. The van der Waals surface area contributed by atoms with Crippen LogP contribution >= 0.6 is 35.3 Å². The molecule has 94 valence electrons. The molecule has 5 rings (SSSR count). The van der Waals surface area contributed by atoms with Gasteiger partial charge in [0.15, 0.2) is 0 Å². The lowest BCUT2D eigenvalue weighted by Crippen LogP contribution is -2.48. The predicted molar refractivity (Wildman–Crippen MR) is 87.9 cm³/mol. The van der Waals surface area contributed by atoms with Crippen LogP contribution in [-0.2, 0) is 0 Å². The average molecular weight is 300 g/mol. The molecule has 0 radical (unpaired) electrons. The van der Waals surface area contributed by atoms with Gasteiger partial charge in [0.05, 0.1) is 10.2 Å². The summed E-state index contributed by atoms with van der Waals surface area (Å²) in [5.41, 5.74) is 0.149. The van der Waals surface area contributed by atoms with Crippen LogP contribution in [0.5, 0.6) is 0 Å². The highest BCUT2D eigenvalue weighted by atomic mass is 32.3. The van der Waals surface area contributed by atoms with E-state index in [1.54, 1.807) is 0 Å². The van der Waals surface area contributed by atoms with Gasteiger partial charge in [-0.05, 0) is 10.8 Å². The van der Waals surface area contributed by atoms with Gasteiger partial charge in [0, 0.05) is 5.41 Å². The fraction of sp³-hybridized carbons (Fsp3) is 0.250. The first-order valence-corrected chi connectivity index (χ1v) is 9.01. The fourth-order valence-corrected chi connectivity index (χ4v) is 9.75. The van der Waals surface area contributed by atoms with Crippen LogP contribution in [0, 0.1) is 10.8 Å². The Hall–Kier alpha value is -0.510. The lowest BCUT2D eigenvalue weighted by Gasteiger charge is -2.47. The molecule has 0 nitrogen and oxygen atoms in total. The van der Waals surface area contributed by atoms with Crippen molar-refractivity contribution in [2.75, 3.05) is 0 Å². The zero-order chi connectivity index (χ0) is 12.6. The SMILES string of the molecule is C1=CC23C=CC=CC2(C=C1)C12C=CSC1(SC=C2)S3. The molecule has 0 aromatic rings. The van der Waals surface area contributed by atoms with Gasteiger partial charge in [0.25, 0.3) is 0 Å². The highest BCUT2D eigenvalue weighted by Gasteiger charge is 2.77. The predicted octanol–water partition coefficient (Wildman–Crippen LogP) is 4.87. The molecule has 0 spiro atoms. The molecule has 2 aliphatic carbocycles. The van der Waals surface area contributed by atoms with Crippen molar-refractivity contribution in [2.24, 2.45) is 10.8 Å². The summed E-state index contributed by atoms with van der Waals surface area (Å²) in [6.07, 6.45) is 23.4. The van der Waals surface area contributed by atoms with Crippen LogP contribution in [0.3, 0.4) is 0 Å². The first kappa shape index (κ1) is 11.2. The normalized spacial score (nSPS) is 54.3. The second-order valence-corrected chi connectivity index (χ2v) is 9.97. The second-order valence-electron chi connectivity index (χ2n) is 5.47. The van der Waals surface area contributed by atoms with Gasteiger partial charge >= 0.3 is 0 Å². The van der Waals surface area contributed by atoms with Gasteiger partial charge in [-0.2, -0.15) is 0 Å². The minimum Gasteiger partial charge on any atom is -0.115 e. The molecule has 1 fully saturated rings. The molecule has 3 heterocycles. The number of hydrogen-bond acceptors (Lipinski definition) is 3. The summed E-state index contributed by atoms with van der Waals surface area (Å²) in [5, 5.41) is 4.61. The van der Waals surface area contributed by atoms with Gasteiger partial charge in [-0.1, -0.05) is 60.8 Å². The van der Waals surface area contributed by atoms with E-state index in [1.807, 2.05) is 23.5 Å². The lowest BCUT2D eigenvalue weighted by atomic mass is 9.55. The topological polar surface area (TPSA) is 0 Å². The second kappa shape index (κ2) is 3.21. The zero-order valence-electron chi connectivity index (χ0n) is 10.2. The lowest BCUT2D eigenvalue weighted by molar-refractivity contribution is 0.276. The summed E-state index contributed by atoms with van der Waals surface area (Å²) in [5.74, 6) is 0. The molecule has 0 N–H and O–H groups in total. The van der Waals surface area contributed by atoms with Crippen molar-refractivity contribution < 1.29 is 0 Å². The van der Waals surface area contributed by atoms with Crippen molar-refractivity contribution >= 4 is 35.3 Å². The van der Waals surface area contributed by atoms with Gasteiger partial charge in [-0.15, -0.1) is 35.3 Å². The number of allylic oxidation sites excluding steroid dienone is 8. The molecule has 0 saturated carbocycles. The van der Waals surface area contributed by atoms with E-state index in [4.69, 9.17) is 0 Å². The minimum atomic E-state index is 0.0498. The maximum atomic E-state index is 2.44. The molecule has 3 aliphatic heterocycles. The van der Waals surface area contributed by atoms with Gasteiger partial charge in [0.1, 0.15) is 3.41 Å². The highest BCUT2D eigenvalue weighted by Crippen LogP contribution is 2.84. The monoisotopic (exact) mass is 300 g/mol. The van der Waals surface area contributed by atoms with Crippen LogP contribution in [0.1, 0.15) is 0 Å². The highest BCUT2D eigenvalue weighted by molar-refractivity contribution is 8.36. The van der Waals surface area contributed by atoms with E-state index in [0.717, 1.165) is 0 Å². The molecule has 3 heteroatoms. The Morgan fingerprint density at radius 1 is 0.579 bits per heavy atom. The maximum absolute atomic E-state index is 2.44. The van der Waals surface area contributed by atoms with Gasteiger partial charge in [-0.3, -0.25) is 0 Å². The minimum absolute atomic E-state index is 0.0498. The summed E-state index contributed by atoms with van der Waals surface area (Å²) in [7, 11) is 0. The number of thioether (sulfide) groups is 3. The Labute approximate surface area is 125 Å². The first-order chi connectivity index (χ1) is 9.29. The molecule has 0 unspecified atom stereocenters. The van der Waals surface area contributed by atoms with E-state index >= 15 is 0 Å². The van der Waals surface area contributed by atoms with Gasteiger partial charge in [0.2, 0.25) is 0 Å². The maximum Gasteiger partial charge on any atom is 0.129 e. The Kier molecular flexibility index (Phi) is 1.89. The van der Waals surface area contributed by atoms with E-state index in [-0.39, 0.29) is 19.0 Å². The third-order valence-electron chi connectivity index (χ3n) is 4.88. The molecule has 0 aromatic heterocycles. The van der Waals surface area contributed by atoms with Crippen molar-refractivity contribution in [3.8, 4) is 0 Å². The van der Waals surface area contributed by atoms with E-state index in [9.17, 15) is 0 Å². The summed E-state index contributed by atoms with van der Waals surface area (Å²) in [6.45, 7) is 0. The van der Waals surface area contributed by atoms with Crippen LogP contribution in [0.2, 0.25) is 0 Å². The summed E-state index contributed by atoms with van der Waals surface area (Å²) < 4.78 is 0.247. The molecule has 1 saturated heterocycles. The number of hydrogen-bond donors (Lipinski definition) is 0. The van der Waals surface area contributed by atoms with Crippen LogP contribution < -0.4 is 0 Å².